The van der Waals surface area contributed by atoms with Crippen molar-refractivity contribution in [2.75, 3.05) is 13.7 Å². The fraction of sp³-hybridized carbons (Fsp3) is 0.562. The number of benzene rings is 1. The number of esters is 1. The molecule has 1 fully saturated rings. The molecular formula is C16H22BrNO3. The standard InChI is InChI=1S/C16H22BrNO3/c1-21-15(19)12-5-6-13(14(17)9-12)10-18-11-16(20)7-3-2-4-8-16/h5-6,9,18,20H,2-4,7-8,10-11H2,1H3. The Morgan fingerprint density at radius 1 is 1.38 bits per heavy atom. The largest absolute Gasteiger partial charge is 0.465 e. The molecule has 1 aromatic carbocycles. The van der Waals surface area contributed by atoms with Crippen LogP contribution in [0.15, 0.2) is 22.7 Å². The van der Waals surface area contributed by atoms with E-state index >= 15 is 0 Å². The highest BCUT2D eigenvalue weighted by Crippen LogP contribution is 2.27. The molecule has 0 unspecified atom stereocenters. The van der Waals surface area contributed by atoms with Crippen LogP contribution in [0.1, 0.15) is 48.0 Å². The SMILES string of the molecule is COC(=O)c1ccc(CNCC2(O)CCCCC2)c(Br)c1. The minimum absolute atomic E-state index is 0.341. The molecule has 0 amide bonds. The maximum Gasteiger partial charge on any atom is 0.337 e. The van der Waals surface area contributed by atoms with Crippen molar-refractivity contribution in [3.63, 3.8) is 0 Å². The van der Waals surface area contributed by atoms with Crippen LogP contribution < -0.4 is 5.32 Å². The van der Waals surface area contributed by atoms with Crippen LogP contribution in [0.5, 0.6) is 0 Å². The number of hydrogen-bond acceptors (Lipinski definition) is 4. The third-order valence-corrected chi connectivity index (χ3v) is 4.77. The van der Waals surface area contributed by atoms with Crippen molar-refractivity contribution in [3.05, 3.63) is 33.8 Å². The zero-order valence-electron chi connectivity index (χ0n) is 12.3. The first kappa shape index (κ1) is 16.5. The highest BCUT2D eigenvalue weighted by molar-refractivity contribution is 9.10. The molecule has 0 radical (unpaired) electrons. The molecule has 5 heteroatoms. The average molecular weight is 356 g/mol. The molecule has 1 aromatic rings. The Balaban J connectivity index is 1.90. The Labute approximate surface area is 134 Å². The third kappa shape index (κ3) is 4.53. The molecule has 0 aromatic heterocycles. The van der Waals surface area contributed by atoms with Crippen LogP contribution >= 0.6 is 15.9 Å². The van der Waals surface area contributed by atoms with Crippen molar-refractivity contribution < 1.29 is 14.6 Å². The van der Waals surface area contributed by atoms with E-state index in [1.54, 1.807) is 12.1 Å². The number of aliphatic hydroxyl groups is 1. The number of ether oxygens (including phenoxy) is 1. The van der Waals surface area contributed by atoms with Gasteiger partial charge in [0.15, 0.2) is 0 Å². The van der Waals surface area contributed by atoms with Crippen LogP contribution in [0, 0.1) is 0 Å². The number of methoxy groups -OCH3 is 1. The van der Waals surface area contributed by atoms with E-state index in [2.05, 4.69) is 21.2 Å². The second-order valence-corrected chi connectivity index (χ2v) is 6.54. The highest BCUT2D eigenvalue weighted by atomic mass is 79.9. The molecule has 0 spiro atoms. The summed E-state index contributed by atoms with van der Waals surface area (Å²) in [6.07, 6.45) is 5.19. The number of hydrogen-bond donors (Lipinski definition) is 2. The summed E-state index contributed by atoms with van der Waals surface area (Å²) in [5.74, 6) is -0.341. The fourth-order valence-corrected chi connectivity index (χ4v) is 3.27. The van der Waals surface area contributed by atoms with E-state index in [9.17, 15) is 9.90 Å². The summed E-state index contributed by atoms with van der Waals surface area (Å²) in [5, 5.41) is 13.8. The highest BCUT2D eigenvalue weighted by Gasteiger charge is 2.28. The van der Waals surface area contributed by atoms with Gasteiger partial charge >= 0.3 is 5.97 Å². The number of nitrogens with one attached hydrogen (secondary N) is 1. The summed E-state index contributed by atoms with van der Waals surface area (Å²) in [5.41, 5.74) is 1.03. The van der Waals surface area contributed by atoms with Crippen LogP contribution in [0.3, 0.4) is 0 Å². The smallest absolute Gasteiger partial charge is 0.337 e. The van der Waals surface area contributed by atoms with Gasteiger partial charge in [0.25, 0.3) is 0 Å². The molecule has 1 saturated carbocycles. The Bertz CT molecular complexity index is 498. The quantitative estimate of drug-likeness (QED) is 0.797. The van der Waals surface area contributed by atoms with E-state index in [1.807, 2.05) is 6.07 Å². The van der Waals surface area contributed by atoms with Crippen molar-refractivity contribution in [2.24, 2.45) is 0 Å². The summed E-state index contributed by atoms with van der Waals surface area (Å²) in [4.78, 5) is 11.4. The second kappa shape index (κ2) is 7.38. The molecular weight excluding hydrogens is 334 g/mol. The molecule has 4 nitrogen and oxygen atoms in total. The molecule has 0 saturated heterocycles. The van der Waals surface area contributed by atoms with Gasteiger partial charge in [-0.05, 0) is 30.5 Å². The van der Waals surface area contributed by atoms with Gasteiger partial charge in [0, 0.05) is 17.6 Å². The van der Waals surface area contributed by atoms with E-state index in [0.29, 0.717) is 18.7 Å². The van der Waals surface area contributed by atoms with E-state index < -0.39 is 5.60 Å². The average Bonchev–Trinajstić information content (AvgIpc) is 2.48. The lowest BCUT2D eigenvalue weighted by Gasteiger charge is -2.32. The Kier molecular flexibility index (Phi) is 5.79. The zero-order chi connectivity index (χ0) is 15.3. The third-order valence-electron chi connectivity index (χ3n) is 4.03. The normalized spacial score (nSPS) is 17.5. The molecule has 2 rings (SSSR count). The lowest BCUT2D eigenvalue weighted by Crippen LogP contribution is -2.41. The minimum atomic E-state index is -0.559. The zero-order valence-corrected chi connectivity index (χ0v) is 13.9. The van der Waals surface area contributed by atoms with E-state index in [4.69, 9.17) is 4.74 Å². The maximum absolute atomic E-state index is 11.4. The van der Waals surface area contributed by atoms with Gasteiger partial charge in [0.1, 0.15) is 0 Å². The lowest BCUT2D eigenvalue weighted by atomic mass is 9.85. The van der Waals surface area contributed by atoms with E-state index in [-0.39, 0.29) is 5.97 Å². The molecule has 2 N–H and O–H groups in total. The van der Waals surface area contributed by atoms with Crippen LogP contribution in [0.4, 0.5) is 0 Å². The molecule has 0 heterocycles. The van der Waals surface area contributed by atoms with Gasteiger partial charge in [-0.25, -0.2) is 4.79 Å². The van der Waals surface area contributed by atoms with Gasteiger partial charge < -0.3 is 15.2 Å². The molecule has 1 aliphatic carbocycles. The maximum atomic E-state index is 11.4. The van der Waals surface area contributed by atoms with Crippen LogP contribution in [0.25, 0.3) is 0 Å². The molecule has 1 aliphatic rings. The van der Waals surface area contributed by atoms with Crippen LogP contribution in [-0.4, -0.2) is 30.3 Å². The molecule has 0 atom stereocenters. The number of carbonyl (C=O) groups excluding carboxylic acids is 1. The van der Waals surface area contributed by atoms with E-state index in [0.717, 1.165) is 35.7 Å². The summed E-state index contributed by atoms with van der Waals surface area (Å²) >= 11 is 3.47. The Morgan fingerprint density at radius 3 is 2.71 bits per heavy atom. The van der Waals surface area contributed by atoms with Gasteiger partial charge in [0.2, 0.25) is 0 Å². The molecule has 21 heavy (non-hydrogen) atoms. The van der Waals surface area contributed by atoms with Crippen molar-refractivity contribution in [1.82, 2.24) is 5.32 Å². The first-order chi connectivity index (χ1) is 10.0. The summed E-state index contributed by atoms with van der Waals surface area (Å²) < 4.78 is 5.57. The lowest BCUT2D eigenvalue weighted by molar-refractivity contribution is 0.00466. The Morgan fingerprint density at radius 2 is 2.10 bits per heavy atom. The first-order valence-corrected chi connectivity index (χ1v) is 8.13. The van der Waals surface area contributed by atoms with Gasteiger partial charge in [-0.3, -0.25) is 0 Å². The molecule has 0 bridgehead atoms. The first-order valence-electron chi connectivity index (χ1n) is 7.34. The van der Waals surface area contributed by atoms with Gasteiger partial charge in [-0.15, -0.1) is 0 Å². The van der Waals surface area contributed by atoms with Crippen LogP contribution in [0.2, 0.25) is 0 Å². The summed E-state index contributed by atoms with van der Waals surface area (Å²) in [6.45, 7) is 1.27. The second-order valence-electron chi connectivity index (χ2n) is 5.69. The molecule has 116 valence electrons. The van der Waals surface area contributed by atoms with Crippen molar-refractivity contribution >= 4 is 21.9 Å². The van der Waals surface area contributed by atoms with Crippen LogP contribution in [-0.2, 0) is 11.3 Å². The predicted octanol–water partition coefficient (Wildman–Crippen LogP) is 3.02. The van der Waals surface area contributed by atoms with Crippen molar-refractivity contribution in [3.8, 4) is 0 Å². The summed E-state index contributed by atoms with van der Waals surface area (Å²) in [6, 6.07) is 5.41. The van der Waals surface area contributed by atoms with Crippen molar-refractivity contribution in [2.45, 2.75) is 44.2 Å². The minimum Gasteiger partial charge on any atom is -0.465 e. The van der Waals surface area contributed by atoms with E-state index in [1.165, 1.54) is 13.5 Å². The fourth-order valence-electron chi connectivity index (χ4n) is 2.75. The topological polar surface area (TPSA) is 58.6 Å². The predicted molar refractivity (Wildman–Crippen MR) is 85.2 cm³/mol. The Hall–Kier alpha value is -0.910. The monoisotopic (exact) mass is 355 g/mol. The van der Waals surface area contributed by atoms with Gasteiger partial charge in [-0.1, -0.05) is 41.3 Å². The molecule has 0 aliphatic heterocycles. The number of halogens is 1. The van der Waals surface area contributed by atoms with Gasteiger partial charge in [0.05, 0.1) is 18.3 Å². The summed E-state index contributed by atoms with van der Waals surface area (Å²) in [7, 11) is 1.37. The number of rotatable bonds is 5. The van der Waals surface area contributed by atoms with Gasteiger partial charge in [-0.2, -0.15) is 0 Å². The number of carbonyl (C=O) groups is 1. The van der Waals surface area contributed by atoms with Crippen molar-refractivity contribution in [1.29, 1.82) is 0 Å².